The molecule has 136 valence electrons. The minimum absolute atomic E-state index is 0.266. The summed E-state index contributed by atoms with van der Waals surface area (Å²) in [6.07, 6.45) is 4.55. The smallest absolute Gasteiger partial charge is 0.223 e. The lowest BCUT2D eigenvalue weighted by Crippen LogP contribution is -2.36. The van der Waals surface area contributed by atoms with Crippen molar-refractivity contribution in [1.29, 1.82) is 0 Å². The fourth-order valence-corrected chi connectivity index (χ4v) is 4.87. The van der Waals surface area contributed by atoms with Gasteiger partial charge in [0, 0.05) is 36.3 Å². The Bertz CT molecular complexity index is 656. The molecule has 1 aromatic rings. The number of hydrogen-bond acceptors (Lipinski definition) is 3. The molecule has 1 aliphatic carbocycles. The van der Waals surface area contributed by atoms with Gasteiger partial charge >= 0.3 is 0 Å². The molecule has 2 atom stereocenters. The average Bonchev–Trinajstić information content (AvgIpc) is 3.09. The van der Waals surface area contributed by atoms with Crippen LogP contribution in [-0.4, -0.2) is 38.6 Å². The third-order valence-corrected chi connectivity index (χ3v) is 6.70. The van der Waals surface area contributed by atoms with E-state index in [4.69, 9.17) is 11.6 Å². The highest BCUT2D eigenvalue weighted by molar-refractivity contribution is 6.30. The number of hydrogen-bond donors (Lipinski definition) is 2. The molecule has 0 aromatic heterocycles. The maximum Gasteiger partial charge on any atom is 0.223 e. The number of carbonyl (C=O) groups excluding carboxylic acids is 1. The second kappa shape index (κ2) is 6.81. The van der Waals surface area contributed by atoms with E-state index in [1.54, 1.807) is 0 Å². The zero-order chi connectivity index (χ0) is 17.4. The standard InChI is InChI=1S/C20H28ClN3O/c1-14-2-3-16(21)10-18(14)24-9-4-15(13-24)12-23-19(25)17-11-20(17)5-7-22-8-6-20/h2-3,10,15,17,22H,4-9,11-13H2,1H3,(H,23,25). The van der Waals surface area contributed by atoms with E-state index in [0.717, 1.165) is 63.4 Å². The Morgan fingerprint density at radius 3 is 3.00 bits per heavy atom. The number of nitrogens with one attached hydrogen (secondary N) is 2. The second-order valence-electron chi connectivity index (χ2n) is 8.15. The highest BCUT2D eigenvalue weighted by Crippen LogP contribution is 2.58. The summed E-state index contributed by atoms with van der Waals surface area (Å²) in [4.78, 5) is 14.9. The van der Waals surface area contributed by atoms with Crippen LogP contribution in [0.15, 0.2) is 18.2 Å². The number of amides is 1. The summed E-state index contributed by atoms with van der Waals surface area (Å²) in [7, 11) is 0. The van der Waals surface area contributed by atoms with Crippen molar-refractivity contribution in [2.24, 2.45) is 17.3 Å². The molecule has 4 rings (SSSR count). The Kier molecular flexibility index (Phi) is 4.67. The molecule has 0 bridgehead atoms. The molecule has 1 aromatic carbocycles. The fourth-order valence-electron chi connectivity index (χ4n) is 4.71. The van der Waals surface area contributed by atoms with Gasteiger partial charge in [-0.3, -0.25) is 4.79 Å². The molecule has 3 aliphatic rings. The summed E-state index contributed by atoms with van der Waals surface area (Å²) in [5.74, 6) is 1.09. The van der Waals surface area contributed by atoms with E-state index in [0.29, 0.717) is 17.2 Å². The van der Waals surface area contributed by atoms with Gasteiger partial charge in [0.2, 0.25) is 5.91 Å². The van der Waals surface area contributed by atoms with Crippen molar-refractivity contribution >= 4 is 23.2 Å². The van der Waals surface area contributed by atoms with Crippen LogP contribution in [0.1, 0.15) is 31.2 Å². The average molecular weight is 362 g/mol. The van der Waals surface area contributed by atoms with Crippen molar-refractivity contribution in [2.45, 2.75) is 32.6 Å². The number of piperidine rings is 1. The van der Waals surface area contributed by atoms with Gasteiger partial charge in [0.1, 0.15) is 0 Å². The van der Waals surface area contributed by atoms with E-state index >= 15 is 0 Å². The van der Waals surface area contributed by atoms with Crippen molar-refractivity contribution in [3.63, 3.8) is 0 Å². The molecule has 2 unspecified atom stereocenters. The molecule has 1 spiro atoms. The van der Waals surface area contributed by atoms with Crippen molar-refractivity contribution in [2.75, 3.05) is 37.6 Å². The van der Waals surface area contributed by atoms with E-state index < -0.39 is 0 Å². The Labute approximate surface area is 155 Å². The van der Waals surface area contributed by atoms with Gasteiger partial charge in [-0.15, -0.1) is 0 Å². The number of benzene rings is 1. The summed E-state index contributed by atoms with van der Waals surface area (Å²) in [5, 5.41) is 7.43. The van der Waals surface area contributed by atoms with Gasteiger partial charge in [-0.25, -0.2) is 0 Å². The van der Waals surface area contributed by atoms with Crippen LogP contribution < -0.4 is 15.5 Å². The van der Waals surface area contributed by atoms with Crippen LogP contribution >= 0.6 is 11.6 Å². The van der Waals surface area contributed by atoms with Gasteiger partial charge in [-0.1, -0.05) is 17.7 Å². The monoisotopic (exact) mass is 361 g/mol. The molecule has 3 fully saturated rings. The predicted molar refractivity (Wildman–Crippen MR) is 102 cm³/mol. The van der Waals surface area contributed by atoms with E-state index in [1.807, 2.05) is 6.07 Å². The number of halogens is 1. The quantitative estimate of drug-likeness (QED) is 0.866. The number of rotatable bonds is 4. The molecular formula is C20H28ClN3O. The third kappa shape index (κ3) is 3.52. The molecule has 2 saturated heterocycles. The van der Waals surface area contributed by atoms with E-state index in [-0.39, 0.29) is 5.92 Å². The first-order chi connectivity index (χ1) is 12.1. The van der Waals surface area contributed by atoms with Crippen LogP contribution in [0.5, 0.6) is 0 Å². The van der Waals surface area contributed by atoms with Crippen LogP contribution in [0, 0.1) is 24.2 Å². The highest BCUT2D eigenvalue weighted by atomic mass is 35.5. The highest BCUT2D eigenvalue weighted by Gasteiger charge is 2.57. The zero-order valence-electron chi connectivity index (χ0n) is 15.0. The van der Waals surface area contributed by atoms with Crippen molar-refractivity contribution in [1.82, 2.24) is 10.6 Å². The molecule has 0 radical (unpaired) electrons. The number of aryl methyl sites for hydroxylation is 1. The number of anilines is 1. The molecule has 25 heavy (non-hydrogen) atoms. The first-order valence-electron chi connectivity index (χ1n) is 9.57. The van der Waals surface area contributed by atoms with Crippen molar-refractivity contribution in [3.8, 4) is 0 Å². The minimum Gasteiger partial charge on any atom is -0.371 e. The Hall–Kier alpha value is -1.26. The SMILES string of the molecule is Cc1ccc(Cl)cc1N1CCC(CNC(=O)C2CC23CCNCC3)C1. The Morgan fingerprint density at radius 2 is 2.20 bits per heavy atom. The molecule has 2 N–H and O–H groups in total. The van der Waals surface area contributed by atoms with Gasteiger partial charge in [0.15, 0.2) is 0 Å². The summed E-state index contributed by atoms with van der Waals surface area (Å²) < 4.78 is 0. The largest absolute Gasteiger partial charge is 0.371 e. The summed E-state index contributed by atoms with van der Waals surface area (Å²) in [6, 6.07) is 6.08. The lowest BCUT2D eigenvalue weighted by Gasteiger charge is -2.23. The third-order valence-electron chi connectivity index (χ3n) is 6.47. The van der Waals surface area contributed by atoms with Crippen molar-refractivity contribution in [3.05, 3.63) is 28.8 Å². The lowest BCUT2D eigenvalue weighted by atomic mass is 9.91. The maximum absolute atomic E-state index is 12.5. The van der Waals surface area contributed by atoms with Gasteiger partial charge < -0.3 is 15.5 Å². The first kappa shape index (κ1) is 17.2. The Balaban J connectivity index is 1.27. The number of carbonyl (C=O) groups is 1. The molecule has 5 heteroatoms. The molecule has 4 nitrogen and oxygen atoms in total. The summed E-state index contributed by atoms with van der Waals surface area (Å²) >= 11 is 6.16. The topological polar surface area (TPSA) is 44.4 Å². The Morgan fingerprint density at radius 1 is 1.40 bits per heavy atom. The maximum atomic E-state index is 12.5. The minimum atomic E-state index is 0.266. The normalized spacial score (nSPS) is 27.5. The fraction of sp³-hybridized carbons (Fsp3) is 0.650. The molecular weight excluding hydrogens is 334 g/mol. The van der Waals surface area contributed by atoms with E-state index in [9.17, 15) is 4.79 Å². The predicted octanol–water partition coefficient (Wildman–Crippen LogP) is 2.98. The van der Waals surface area contributed by atoms with Crippen LogP contribution in [0.4, 0.5) is 5.69 Å². The molecule has 1 amide bonds. The molecule has 1 saturated carbocycles. The molecule has 2 aliphatic heterocycles. The summed E-state index contributed by atoms with van der Waals surface area (Å²) in [5.41, 5.74) is 2.83. The van der Waals surface area contributed by atoms with Crippen molar-refractivity contribution < 1.29 is 4.79 Å². The first-order valence-corrected chi connectivity index (χ1v) is 9.95. The zero-order valence-corrected chi connectivity index (χ0v) is 15.7. The van der Waals surface area contributed by atoms with Crippen LogP contribution in [-0.2, 0) is 4.79 Å². The van der Waals surface area contributed by atoms with Gasteiger partial charge in [-0.2, -0.15) is 0 Å². The van der Waals surface area contributed by atoms with Crippen LogP contribution in [0.3, 0.4) is 0 Å². The van der Waals surface area contributed by atoms with E-state index in [1.165, 1.54) is 11.3 Å². The van der Waals surface area contributed by atoms with Gasteiger partial charge in [0.05, 0.1) is 0 Å². The van der Waals surface area contributed by atoms with Gasteiger partial charge in [-0.05, 0) is 74.7 Å². The molecule has 2 heterocycles. The summed E-state index contributed by atoms with van der Waals surface area (Å²) in [6.45, 7) is 7.12. The van der Waals surface area contributed by atoms with Crippen LogP contribution in [0.2, 0.25) is 5.02 Å². The van der Waals surface area contributed by atoms with Crippen LogP contribution in [0.25, 0.3) is 0 Å². The number of nitrogens with zero attached hydrogens (tertiary/aromatic N) is 1. The lowest BCUT2D eigenvalue weighted by molar-refractivity contribution is -0.123. The van der Waals surface area contributed by atoms with E-state index in [2.05, 4.69) is 34.6 Å². The second-order valence-corrected chi connectivity index (χ2v) is 8.58. The van der Waals surface area contributed by atoms with Gasteiger partial charge in [0.25, 0.3) is 0 Å².